The van der Waals surface area contributed by atoms with E-state index in [9.17, 15) is 18.3 Å². The monoisotopic (exact) mass is 440 g/mol. The average molecular weight is 441 g/mol. The van der Waals surface area contributed by atoms with Gasteiger partial charge >= 0.3 is 0 Å². The van der Waals surface area contributed by atoms with Gasteiger partial charge in [-0.1, -0.05) is 17.7 Å². The van der Waals surface area contributed by atoms with Gasteiger partial charge in [0.25, 0.3) is 10.0 Å². The summed E-state index contributed by atoms with van der Waals surface area (Å²) in [5.41, 5.74) is 0.722. The molecule has 1 aliphatic rings. The van der Waals surface area contributed by atoms with Crippen molar-refractivity contribution in [2.75, 3.05) is 24.6 Å². The van der Waals surface area contributed by atoms with E-state index < -0.39 is 22.2 Å². The number of aliphatic hydroxyl groups excluding tert-OH is 1. The molecule has 29 heavy (non-hydrogen) atoms. The first-order valence-electron chi connectivity index (χ1n) is 8.86. The van der Waals surface area contributed by atoms with E-state index in [0.717, 1.165) is 4.31 Å². The largest absolute Gasteiger partial charge is 0.468 e. The molecule has 8 nitrogen and oxygen atoms in total. The van der Waals surface area contributed by atoms with Gasteiger partial charge in [-0.3, -0.25) is 9.10 Å². The van der Waals surface area contributed by atoms with Gasteiger partial charge in [0.15, 0.2) is 5.78 Å². The Morgan fingerprint density at radius 3 is 2.86 bits per heavy atom. The zero-order valence-electron chi connectivity index (χ0n) is 15.9. The highest BCUT2D eigenvalue weighted by molar-refractivity contribution is 7.92. The number of sulfonamides is 1. The Morgan fingerprint density at radius 2 is 2.21 bits per heavy atom. The Balaban J connectivity index is 2.03. The Morgan fingerprint density at radius 1 is 1.45 bits per heavy atom. The minimum Gasteiger partial charge on any atom is -0.468 e. The zero-order valence-corrected chi connectivity index (χ0v) is 17.5. The summed E-state index contributed by atoms with van der Waals surface area (Å²) >= 11 is 5.96. The summed E-state index contributed by atoms with van der Waals surface area (Å²) in [6, 6.07) is 7.46. The highest BCUT2D eigenvalue weighted by atomic mass is 35.5. The number of pyridine rings is 1. The third-order valence-electron chi connectivity index (χ3n) is 4.58. The van der Waals surface area contributed by atoms with E-state index in [-0.39, 0.29) is 46.8 Å². The molecule has 2 heterocycles. The normalized spacial score (nSPS) is 17.4. The predicted octanol–water partition coefficient (Wildman–Crippen LogP) is 1.83. The first-order valence-corrected chi connectivity index (χ1v) is 10.7. The van der Waals surface area contributed by atoms with Crippen molar-refractivity contribution in [1.82, 2.24) is 4.98 Å². The number of ether oxygens (including phenoxy) is 2. The number of nitrogens with zero attached hydrogens (tertiary/aromatic N) is 2. The first-order chi connectivity index (χ1) is 13.8. The number of hydrogen-bond donors (Lipinski definition) is 1. The smallest absolute Gasteiger partial charge is 0.264 e. The van der Waals surface area contributed by atoms with Gasteiger partial charge in [0, 0.05) is 24.8 Å². The fourth-order valence-corrected chi connectivity index (χ4v) is 4.67. The number of rotatable bonds is 7. The number of halogens is 1. The molecule has 0 saturated carbocycles. The number of methoxy groups -OCH3 is 1. The Kier molecular flexibility index (Phi) is 6.42. The van der Waals surface area contributed by atoms with Crippen molar-refractivity contribution >= 4 is 33.1 Å². The van der Waals surface area contributed by atoms with E-state index >= 15 is 0 Å². The summed E-state index contributed by atoms with van der Waals surface area (Å²) in [5.74, 6) is -0.0969. The molecular formula is C19H21ClN2O6S. The molecule has 156 valence electrons. The number of anilines is 1. The molecule has 0 bridgehead atoms. The number of aliphatic hydroxyl groups is 1. The standard InChI is InChI=1S/C19H21ClN2O6S/c1-12(27-2)18(24)7-13-6-17-19(21-9-13)28-15(11-23)10-22(17)29(25,26)16-5-3-4-14(20)8-16/h3-6,8-9,12,15,23H,7,10-11H2,1-2H3/t12-,15-/m1/s1. The van der Waals surface area contributed by atoms with Crippen LogP contribution in [0.3, 0.4) is 0 Å². The highest BCUT2D eigenvalue weighted by Crippen LogP contribution is 2.36. The summed E-state index contributed by atoms with van der Waals surface area (Å²) < 4.78 is 38.3. The van der Waals surface area contributed by atoms with Gasteiger partial charge in [0.05, 0.1) is 18.0 Å². The van der Waals surface area contributed by atoms with E-state index in [1.165, 1.54) is 25.4 Å². The number of fused-ring (bicyclic) bond motifs is 1. The Bertz CT molecular complexity index is 1010. The van der Waals surface area contributed by atoms with Gasteiger partial charge in [-0.25, -0.2) is 13.4 Å². The van der Waals surface area contributed by atoms with Crippen LogP contribution in [0.4, 0.5) is 5.69 Å². The number of carbonyl (C=O) groups is 1. The number of benzene rings is 1. The quantitative estimate of drug-likeness (QED) is 0.700. The van der Waals surface area contributed by atoms with Crippen molar-refractivity contribution in [3.05, 3.63) is 47.1 Å². The van der Waals surface area contributed by atoms with Crippen LogP contribution in [-0.2, 0) is 26.0 Å². The van der Waals surface area contributed by atoms with E-state index in [1.807, 2.05) is 0 Å². The number of hydrogen-bond acceptors (Lipinski definition) is 7. The lowest BCUT2D eigenvalue weighted by atomic mass is 10.1. The fraction of sp³-hybridized carbons (Fsp3) is 0.368. The summed E-state index contributed by atoms with van der Waals surface area (Å²) in [6.45, 7) is 1.15. The minimum absolute atomic E-state index is 0.00373. The van der Waals surface area contributed by atoms with Crippen LogP contribution in [0.25, 0.3) is 0 Å². The van der Waals surface area contributed by atoms with Gasteiger partial charge in [-0.15, -0.1) is 0 Å². The van der Waals surface area contributed by atoms with E-state index in [0.29, 0.717) is 5.56 Å². The summed E-state index contributed by atoms with van der Waals surface area (Å²) in [6.07, 6.45) is 0.115. The van der Waals surface area contributed by atoms with Crippen LogP contribution in [0.5, 0.6) is 5.88 Å². The third-order valence-corrected chi connectivity index (χ3v) is 6.59. The van der Waals surface area contributed by atoms with E-state index in [2.05, 4.69) is 4.98 Å². The molecule has 1 N–H and O–H groups in total. The van der Waals surface area contributed by atoms with Crippen LogP contribution < -0.4 is 9.04 Å². The number of carbonyl (C=O) groups excluding carboxylic acids is 1. The van der Waals surface area contributed by atoms with Crippen LogP contribution in [-0.4, -0.2) is 56.8 Å². The van der Waals surface area contributed by atoms with Crippen molar-refractivity contribution in [3.63, 3.8) is 0 Å². The Hall–Kier alpha value is -2.20. The molecule has 10 heteroatoms. The second kappa shape index (κ2) is 8.66. The zero-order chi connectivity index (χ0) is 21.2. The lowest BCUT2D eigenvalue weighted by Gasteiger charge is -2.34. The second-order valence-corrected chi connectivity index (χ2v) is 8.90. The van der Waals surface area contributed by atoms with Crippen LogP contribution >= 0.6 is 11.6 Å². The molecule has 0 fully saturated rings. The second-order valence-electron chi connectivity index (χ2n) is 6.60. The molecule has 0 saturated heterocycles. The maximum atomic E-state index is 13.3. The SMILES string of the molecule is CO[C@H](C)C(=O)Cc1cnc2c(c1)N(S(=O)(=O)c1cccc(Cl)c1)C[C@H](CO)O2. The number of ketones is 1. The molecule has 3 rings (SSSR count). The van der Waals surface area contributed by atoms with Crippen molar-refractivity contribution in [2.24, 2.45) is 0 Å². The van der Waals surface area contributed by atoms with Crippen LogP contribution in [0.1, 0.15) is 12.5 Å². The lowest BCUT2D eigenvalue weighted by molar-refractivity contribution is -0.127. The Labute approximate surface area is 174 Å². The molecule has 0 unspecified atom stereocenters. The van der Waals surface area contributed by atoms with Crippen molar-refractivity contribution in [3.8, 4) is 5.88 Å². The van der Waals surface area contributed by atoms with Gasteiger partial charge in [0.2, 0.25) is 5.88 Å². The number of aromatic nitrogens is 1. The molecule has 2 atom stereocenters. The molecule has 0 spiro atoms. The summed E-state index contributed by atoms with van der Waals surface area (Å²) in [4.78, 5) is 16.4. The van der Waals surface area contributed by atoms with Crippen molar-refractivity contribution in [2.45, 2.75) is 30.4 Å². The van der Waals surface area contributed by atoms with Gasteiger partial charge in [-0.2, -0.15) is 0 Å². The number of Topliss-reactive ketones (excluding diaryl/α,β-unsaturated/α-hetero) is 1. The van der Waals surface area contributed by atoms with Crippen molar-refractivity contribution in [1.29, 1.82) is 0 Å². The molecule has 0 amide bonds. The highest BCUT2D eigenvalue weighted by Gasteiger charge is 2.35. The first kappa shape index (κ1) is 21.5. The van der Waals surface area contributed by atoms with E-state index in [1.54, 1.807) is 25.1 Å². The summed E-state index contributed by atoms with van der Waals surface area (Å²) in [5, 5.41) is 9.80. The summed E-state index contributed by atoms with van der Waals surface area (Å²) in [7, 11) is -2.56. The molecule has 0 aliphatic carbocycles. The molecule has 1 aromatic carbocycles. The maximum absolute atomic E-state index is 13.3. The molecule has 1 aromatic heterocycles. The maximum Gasteiger partial charge on any atom is 0.264 e. The van der Waals surface area contributed by atoms with Crippen LogP contribution in [0, 0.1) is 0 Å². The van der Waals surface area contributed by atoms with Gasteiger partial charge in [0.1, 0.15) is 17.9 Å². The predicted molar refractivity (Wildman–Crippen MR) is 107 cm³/mol. The third kappa shape index (κ3) is 4.53. The van der Waals surface area contributed by atoms with E-state index in [4.69, 9.17) is 21.1 Å². The molecule has 0 radical (unpaired) electrons. The van der Waals surface area contributed by atoms with Gasteiger partial charge < -0.3 is 14.6 Å². The minimum atomic E-state index is -4.00. The van der Waals surface area contributed by atoms with Crippen LogP contribution in [0.2, 0.25) is 5.02 Å². The topological polar surface area (TPSA) is 106 Å². The molecule has 2 aromatic rings. The lowest BCUT2D eigenvalue weighted by Crippen LogP contribution is -2.45. The van der Waals surface area contributed by atoms with Crippen LogP contribution in [0.15, 0.2) is 41.4 Å². The molecular weight excluding hydrogens is 420 g/mol. The van der Waals surface area contributed by atoms with Gasteiger partial charge in [-0.05, 0) is 36.8 Å². The average Bonchev–Trinajstić information content (AvgIpc) is 2.72. The molecule has 1 aliphatic heterocycles. The fourth-order valence-electron chi connectivity index (χ4n) is 2.88. The van der Waals surface area contributed by atoms with Crippen molar-refractivity contribution < 1.29 is 27.8 Å².